The second-order valence-electron chi connectivity index (χ2n) is 5.30. The van der Waals surface area contributed by atoms with Gasteiger partial charge >= 0.3 is 0 Å². The van der Waals surface area contributed by atoms with Gasteiger partial charge < -0.3 is 16.0 Å². The number of carbonyl (C=O) groups is 1. The molecule has 0 bridgehead atoms. The van der Waals surface area contributed by atoms with Crippen molar-refractivity contribution in [3.8, 4) is 0 Å². The maximum atomic E-state index is 11.9. The number of rotatable bonds is 4. The van der Waals surface area contributed by atoms with Gasteiger partial charge in [0.15, 0.2) is 5.13 Å². The average Bonchev–Trinajstić information content (AvgIpc) is 3.16. The Bertz CT molecular complexity index is 671. The summed E-state index contributed by atoms with van der Waals surface area (Å²) in [6.07, 6.45) is 3.75. The third kappa shape index (κ3) is 3.10. The molecule has 1 aliphatic rings. The molecule has 1 atom stereocenters. The van der Waals surface area contributed by atoms with Crippen LogP contribution in [0.1, 0.15) is 29.5 Å². The Morgan fingerprint density at radius 2 is 2.41 bits per heavy atom. The number of pyridine rings is 1. The van der Waals surface area contributed by atoms with E-state index in [-0.39, 0.29) is 18.5 Å². The molecule has 1 saturated heterocycles. The van der Waals surface area contributed by atoms with Crippen molar-refractivity contribution < 1.29 is 4.79 Å². The van der Waals surface area contributed by atoms with Crippen LogP contribution >= 0.6 is 11.3 Å². The summed E-state index contributed by atoms with van der Waals surface area (Å²) < 4.78 is 0. The van der Waals surface area contributed by atoms with Crippen LogP contribution in [-0.4, -0.2) is 33.9 Å². The van der Waals surface area contributed by atoms with Gasteiger partial charge in [-0.2, -0.15) is 0 Å². The molecule has 2 aromatic heterocycles. The summed E-state index contributed by atoms with van der Waals surface area (Å²) >= 11 is 1.59. The van der Waals surface area contributed by atoms with E-state index >= 15 is 0 Å². The minimum absolute atomic E-state index is 0.0155. The fourth-order valence-electron chi connectivity index (χ4n) is 2.72. The molecule has 116 valence electrons. The maximum Gasteiger partial charge on any atom is 0.236 e. The van der Waals surface area contributed by atoms with E-state index in [1.165, 1.54) is 0 Å². The van der Waals surface area contributed by atoms with E-state index in [2.05, 4.69) is 15.3 Å². The topological polar surface area (TPSA) is 84.1 Å². The van der Waals surface area contributed by atoms with Gasteiger partial charge in [-0.25, -0.2) is 9.97 Å². The first-order valence-corrected chi connectivity index (χ1v) is 8.15. The first-order chi connectivity index (χ1) is 10.7. The van der Waals surface area contributed by atoms with Crippen molar-refractivity contribution in [3.63, 3.8) is 0 Å². The Morgan fingerprint density at radius 3 is 3.14 bits per heavy atom. The number of nitrogens with two attached hydrogens (primary N) is 1. The monoisotopic (exact) mass is 317 g/mol. The van der Waals surface area contributed by atoms with Crippen LogP contribution in [0.5, 0.6) is 0 Å². The molecule has 3 N–H and O–H groups in total. The molecule has 22 heavy (non-hydrogen) atoms. The Kier molecular flexibility index (Phi) is 4.35. The van der Waals surface area contributed by atoms with Crippen molar-refractivity contribution >= 4 is 28.2 Å². The molecule has 1 amide bonds. The predicted octanol–water partition coefficient (Wildman–Crippen LogP) is 2.21. The van der Waals surface area contributed by atoms with Crippen molar-refractivity contribution in [1.29, 1.82) is 0 Å². The quantitative estimate of drug-likeness (QED) is 0.903. The first-order valence-electron chi connectivity index (χ1n) is 7.33. The Hall–Kier alpha value is -1.99. The molecule has 0 saturated carbocycles. The molecular formula is C15H19N5OS. The molecule has 2 aromatic rings. The van der Waals surface area contributed by atoms with Gasteiger partial charge in [0, 0.05) is 17.6 Å². The van der Waals surface area contributed by atoms with Crippen LogP contribution < -0.4 is 11.1 Å². The number of amides is 1. The summed E-state index contributed by atoms with van der Waals surface area (Å²) in [6, 6.07) is 5.85. The van der Waals surface area contributed by atoms with Crippen molar-refractivity contribution in [2.75, 3.05) is 18.4 Å². The summed E-state index contributed by atoms with van der Waals surface area (Å²) in [4.78, 5) is 23.8. The standard InChI is InChI=1S/C15H19N5OS/c1-10-9-17-15(22-10)19-13-6-2-4-11(18-13)12-5-3-7-20(12)14(21)8-16/h2,4,6,9,12H,3,5,7-8,16H2,1H3,(H,17,18,19)/t12-/m1/s1. The number of carbonyl (C=O) groups excluding carboxylic acids is 1. The highest BCUT2D eigenvalue weighted by Gasteiger charge is 2.30. The Labute approximate surface area is 133 Å². The zero-order chi connectivity index (χ0) is 15.5. The van der Waals surface area contributed by atoms with Gasteiger partial charge in [0.1, 0.15) is 5.82 Å². The molecule has 7 heteroatoms. The lowest BCUT2D eigenvalue weighted by molar-refractivity contribution is -0.130. The van der Waals surface area contributed by atoms with Crippen LogP contribution in [0.15, 0.2) is 24.4 Å². The molecule has 0 aliphatic carbocycles. The molecule has 6 nitrogen and oxygen atoms in total. The normalized spacial score (nSPS) is 17.7. The van der Waals surface area contributed by atoms with Gasteiger partial charge in [0.25, 0.3) is 0 Å². The van der Waals surface area contributed by atoms with Gasteiger partial charge in [-0.1, -0.05) is 6.07 Å². The minimum atomic E-state index is -0.0155. The molecule has 3 heterocycles. The SMILES string of the molecule is Cc1cnc(Nc2cccc([C@H]3CCCN3C(=O)CN)n2)s1. The summed E-state index contributed by atoms with van der Waals surface area (Å²) in [5.41, 5.74) is 6.40. The lowest BCUT2D eigenvalue weighted by Gasteiger charge is -2.24. The number of aryl methyl sites for hydroxylation is 1. The number of hydrogen-bond acceptors (Lipinski definition) is 6. The number of anilines is 2. The van der Waals surface area contributed by atoms with Gasteiger partial charge in [0.05, 0.1) is 18.3 Å². The number of aromatic nitrogens is 2. The smallest absolute Gasteiger partial charge is 0.236 e. The molecule has 0 radical (unpaired) electrons. The lowest BCUT2D eigenvalue weighted by Crippen LogP contribution is -2.35. The summed E-state index contributed by atoms with van der Waals surface area (Å²) in [7, 11) is 0. The molecule has 1 fully saturated rings. The fourth-order valence-corrected chi connectivity index (χ4v) is 3.39. The van der Waals surface area contributed by atoms with E-state index in [0.717, 1.165) is 40.9 Å². The summed E-state index contributed by atoms with van der Waals surface area (Å²) in [5, 5.41) is 4.04. The van der Waals surface area contributed by atoms with E-state index in [4.69, 9.17) is 5.73 Å². The number of hydrogen-bond donors (Lipinski definition) is 2. The molecule has 3 rings (SSSR count). The van der Waals surface area contributed by atoms with Crippen molar-refractivity contribution in [2.45, 2.75) is 25.8 Å². The van der Waals surface area contributed by atoms with Gasteiger partial charge in [-0.05, 0) is 31.9 Å². The minimum Gasteiger partial charge on any atom is -0.333 e. The van der Waals surface area contributed by atoms with Gasteiger partial charge in [0.2, 0.25) is 5.91 Å². The van der Waals surface area contributed by atoms with Crippen molar-refractivity contribution in [2.24, 2.45) is 5.73 Å². The highest BCUT2D eigenvalue weighted by molar-refractivity contribution is 7.15. The van der Waals surface area contributed by atoms with Crippen LogP contribution in [0.2, 0.25) is 0 Å². The Balaban J connectivity index is 1.80. The van der Waals surface area contributed by atoms with Gasteiger partial charge in [-0.15, -0.1) is 11.3 Å². The van der Waals surface area contributed by atoms with Crippen LogP contribution in [0.4, 0.5) is 10.9 Å². The van der Waals surface area contributed by atoms with E-state index in [9.17, 15) is 4.79 Å². The van der Waals surface area contributed by atoms with Gasteiger partial charge in [-0.3, -0.25) is 4.79 Å². The molecule has 0 aromatic carbocycles. The zero-order valence-electron chi connectivity index (χ0n) is 12.5. The third-order valence-electron chi connectivity index (χ3n) is 3.72. The number of thiazole rings is 1. The average molecular weight is 317 g/mol. The highest BCUT2D eigenvalue weighted by Crippen LogP contribution is 2.31. The van der Waals surface area contributed by atoms with Crippen molar-refractivity contribution in [1.82, 2.24) is 14.9 Å². The molecular weight excluding hydrogens is 298 g/mol. The van der Waals surface area contributed by atoms with E-state index in [0.29, 0.717) is 0 Å². The number of likely N-dealkylation sites (tertiary alicyclic amines) is 1. The van der Waals surface area contributed by atoms with Crippen molar-refractivity contribution in [3.05, 3.63) is 35.0 Å². The number of nitrogens with one attached hydrogen (secondary N) is 1. The summed E-state index contributed by atoms with van der Waals surface area (Å²) in [6.45, 7) is 2.82. The molecule has 1 aliphatic heterocycles. The van der Waals surface area contributed by atoms with Crippen LogP contribution in [-0.2, 0) is 4.79 Å². The largest absolute Gasteiger partial charge is 0.333 e. The number of nitrogens with zero attached hydrogens (tertiary/aromatic N) is 3. The highest BCUT2D eigenvalue weighted by atomic mass is 32.1. The maximum absolute atomic E-state index is 11.9. The zero-order valence-corrected chi connectivity index (χ0v) is 13.3. The van der Waals surface area contributed by atoms with E-state index in [1.807, 2.05) is 36.2 Å². The van der Waals surface area contributed by atoms with Crippen LogP contribution in [0.3, 0.4) is 0 Å². The fraction of sp³-hybridized carbons (Fsp3) is 0.400. The summed E-state index contributed by atoms with van der Waals surface area (Å²) in [5.74, 6) is 0.733. The Morgan fingerprint density at radius 1 is 1.55 bits per heavy atom. The second-order valence-corrected chi connectivity index (χ2v) is 6.53. The first kappa shape index (κ1) is 14.9. The third-order valence-corrected chi connectivity index (χ3v) is 4.54. The second kappa shape index (κ2) is 6.41. The van der Waals surface area contributed by atoms with E-state index in [1.54, 1.807) is 11.3 Å². The van der Waals surface area contributed by atoms with E-state index < -0.39 is 0 Å². The van der Waals surface area contributed by atoms with Crippen LogP contribution in [0, 0.1) is 6.92 Å². The molecule has 0 spiro atoms. The predicted molar refractivity (Wildman–Crippen MR) is 87.1 cm³/mol. The molecule has 0 unspecified atom stereocenters. The van der Waals surface area contributed by atoms with Crippen LogP contribution in [0.25, 0.3) is 0 Å². The lowest BCUT2D eigenvalue weighted by atomic mass is 10.1.